The van der Waals surface area contributed by atoms with Gasteiger partial charge in [-0.15, -0.1) is 0 Å². The molecular formula is C18H15N3O2. The Balaban J connectivity index is 0.000000185. The van der Waals surface area contributed by atoms with Crippen LogP contribution >= 0.6 is 0 Å². The van der Waals surface area contributed by atoms with Crippen molar-refractivity contribution < 1.29 is 4.92 Å². The Kier molecular flexibility index (Phi) is 6.16. The minimum atomic E-state index is -0.417. The molecule has 0 fully saturated rings. The molecule has 23 heavy (non-hydrogen) atoms. The number of nitro groups is 1. The molecule has 114 valence electrons. The van der Waals surface area contributed by atoms with Crippen LogP contribution in [0.2, 0.25) is 0 Å². The first-order valence-electron chi connectivity index (χ1n) is 6.97. The van der Waals surface area contributed by atoms with Crippen molar-refractivity contribution in [3.63, 3.8) is 0 Å². The van der Waals surface area contributed by atoms with Crippen molar-refractivity contribution in [2.75, 3.05) is 0 Å². The van der Waals surface area contributed by atoms with Crippen molar-refractivity contribution >= 4 is 17.1 Å². The summed E-state index contributed by atoms with van der Waals surface area (Å²) in [6, 6.07) is 27.3. The van der Waals surface area contributed by atoms with Crippen molar-refractivity contribution in [2.24, 2.45) is 10.2 Å². The van der Waals surface area contributed by atoms with Crippen LogP contribution in [0.3, 0.4) is 0 Å². The lowest BCUT2D eigenvalue weighted by Gasteiger charge is -1.91. The average molecular weight is 305 g/mol. The van der Waals surface area contributed by atoms with Crippen molar-refractivity contribution in [1.82, 2.24) is 0 Å². The number of azo groups is 1. The number of benzene rings is 3. The molecule has 0 N–H and O–H groups in total. The van der Waals surface area contributed by atoms with Gasteiger partial charge in [-0.3, -0.25) is 10.1 Å². The van der Waals surface area contributed by atoms with Crippen LogP contribution in [0.5, 0.6) is 0 Å². The molecule has 0 saturated heterocycles. The first-order valence-corrected chi connectivity index (χ1v) is 6.97. The van der Waals surface area contributed by atoms with Gasteiger partial charge in [0, 0.05) is 12.1 Å². The van der Waals surface area contributed by atoms with Gasteiger partial charge in [0.2, 0.25) is 0 Å². The number of nitrogens with zero attached hydrogens (tertiary/aromatic N) is 3. The second kappa shape index (κ2) is 8.84. The van der Waals surface area contributed by atoms with E-state index in [9.17, 15) is 10.1 Å². The zero-order chi connectivity index (χ0) is 16.3. The predicted molar refractivity (Wildman–Crippen MR) is 90.2 cm³/mol. The fraction of sp³-hybridized carbons (Fsp3) is 0. The summed E-state index contributed by atoms with van der Waals surface area (Å²) < 4.78 is 0. The van der Waals surface area contributed by atoms with E-state index in [1.165, 1.54) is 12.1 Å². The highest BCUT2D eigenvalue weighted by molar-refractivity contribution is 5.39. The van der Waals surface area contributed by atoms with E-state index in [4.69, 9.17) is 0 Å². The van der Waals surface area contributed by atoms with E-state index >= 15 is 0 Å². The lowest BCUT2D eigenvalue weighted by molar-refractivity contribution is -0.384. The quantitative estimate of drug-likeness (QED) is 0.354. The van der Waals surface area contributed by atoms with Crippen LogP contribution in [0.4, 0.5) is 17.1 Å². The molecule has 0 radical (unpaired) electrons. The number of non-ortho nitro benzene ring substituents is 1. The summed E-state index contributed by atoms with van der Waals surface area (Å²) >= 11 is 0. The normalized spacial score (nSPS) is 9.91. The van der Waals surface area contributed by atoms with E-state index in [2.05, 4.69) is 10.2 Å². The fourth-order valence-corrected chi connectivity index (χ4v) is 1.65. The van der Waals surface area contributed by atoms with E-state index in [-0.39, 0.29) is 5.69 Å². The van der Waals surface area contributed by atoms with Gasteiger partial charge in [0.05, 0.1) is 16.3 Å². The molecule has 0 amide bonds. The van der Waals surface area contributed by atoms with E-state index < -0.39 is 4.92 Å². The summed E-state index contributed by atoms with van der Waals surface area (Å²) in [5, 5.41) is 18.2. The highest BCUT2D eigenvalue weighted by Gasteiger charge is 1.98. The molecule has 0 aliphatic carbocycles. The van der Waals surface area contributed by atoms with Gasteiger partial charge in [0.15, 0.2) is 0 Å². The van der Waals surface area contributed by atoms with Crippen molar-refractivity contribution in [3.8, 4) is 0 Å². The number of hydrogen-bond donors (Lipinski definition) is 0. The molecule has 0 aromatic heterocycles. The molecule has 5 heteroatoms. The third-order valence-electron chi connectivity index (χ3n) is 2.76. The molecule has 3 aromatic carbocycles. The first-order chi connectivity index (χ1) is 11.3. The molecule has 0 aliphatic rings. The number of rotatable bonds is 3. The monoisotopic (exact) mass is 305 g/mol. The van der Waals surface area contributed by atoms with Gasteiger partial charge in [-0.05, 0) is 24.3 Å². The third-order valence-corrected chi connectivity index (χ3v) is 2.76. The molecule has 3 aromatic rings. The Morgan fingerprint density at radius 3 is 1.26 bits per heavy atom. The standard InChI is InChI=1S/C12H10N2.C6H5NO2/c1-3-7-11(8-4-1)13-14-12-9-5-2-6-10-12;8-7(9)6-4-2-1-3-5-6/h1-10H;1-5H. The van der Waals surface area contributed by atoms with E-state index in [0.717, 1.165) is 11.4 Å². The Hall–Kier alpha value is -3.34. The van der Waals surface area contributed by atoms with Crippen LogP contribution in [-0.2, 0) is 0 Å². The highest BCUT2D eigenvalue weighted by atomic mass is 16.6. The maximum atomic E-state index is 10.0. The molecule has 0 heterocycles. The number of hydrogen-bond acceptors (Lipinski definition) is 4. The minimum absolute atomic E-state index is 0.137. The largest absolute Gasteiger partial charge is 0.269 e. The van der Waals surface area contributed by atoms with E-state index in [1.807, 2.05) is 60.7 Å². The topological polar surface area (TPSA) is 67.9 Å². The van der Waals surface area contributed by atoms with Gasteiger partial charge in [-0.1, -0.05) is 54.6 Å². The van der Waals surface area contributed by atoms with Crippen LogP contribution < -0.4 is 0 Å². The molecule has 0 unspecified atom stereocenters. The maximum Gasteiger partial charge on any atom is 0.269 e. The molecule has 0 spiro atoms. The van der Waals surface area contributed by atoms with Crippen molar-refractivity contribution in [2.45, 2.75) is 0 Å². The van der Waals surface area contributed by atoms with E-state index in [1.54, 1.807) is 18.2 Å². The maximum absolute atomic E-state index is 10.0. The third kappa shape index (κ3) is 5.89. The smallest absolute Gasteiger partial charge is 0.258 e. The van der Waals surface area contributed by atoms with Gasteiger partial charge in [0.25, 0.3) is 5.69 Å². The Morgan fingerprint density at radius 1 is 0.609 bits per heavy atom. The van der Waals surface area contributed by atoms with Crippen molar-refractivity contribution in [3.05, 3.63) is 101 Å². The second-order valence-corrected chi connectivity index (χ2v) is 4.46. The molecule has 0 aliphatic heterocycles. The fourth-order valence-electron chi connectivity index (χ4n) is 1.65. The summed E-state index contributed by atoms with van der Waals surface area (Å²) in [4.78, 5) is 9.59. The lowest BCUT2D eigenvalue weighted by atomic mass is 10.3. The van der Waals surface area contributed by atoms with Gasteiger partial charge in [-0.2, -0.15) is 10.2 Å². The zero-order valence-electron chi connectivity index (χ0n) is 12.3. The van der Waals surface area contributed by atoms with Gasteiger partial charge >= 0.3 is 0 Å². The Labute approximate surface area is 134 Å². The van der Waals surface area contributed by atoms with Gasteiger partial charge < -0.3 is 0 Å². The summed E-state index contributed by atoms with van der Waals surface area (Å²) in [5.74, 6) is 0. The average Bonchev–Trinajstić information content (AvgIpc) is 2.63. The van der Waals surface area contributed by atoms with Crippen LogP contribution in [0.25, 0.3) is 0 Å². The highest BCUT2D eigenvalue weighted by Crippen LogP contribution is 2.16. The molecule has 0 atom stereocenters. The van der Waals surface area contributed by atoms with Crippen LogP contribution in [-0.4, -0.2) is 4.92 Å². The Bertz CT molecular complexity index is 703. The van der Waals surface area contributed by atoms with Gasteiger partial charge in [-0.25, -0.2) is 0 Å². The molecule has 0 saturated carbocycles. The molecule has 5 nitrogen and oxygen atoms in total. The minimum Gasteiger partial charge on any atom is -0.258 e. The lowest BCUT2D eigenvalue weighted by Crippen LogP contribution is -1.84. The summed E-state index contributed by atoms with van der Waals surface area (Å²) in [6.45, 7) is 0. The zero-order valence-corrected chi connectivity index (χ0v) is 12.3. The van der Waals surface area contributed by atoms with Crippen LogP contribution in [0, 0.1) is 10.1 Å². The second-order valence-electron chi connectivity index (χ2n) is 4.46. The first kappa shape index (κ1) is 16.0. The van der Waals surface area contributed by atoms with Gasteiger partial charge in [0.1, 0.15) is 0 Å². The molecule has 0 bridgehead atoms. The predicted octanol–water partition coefficient (Wildman–Crippen LogP) is 5.70. The van der Waals surface area contributed by atoms with Crippen LogP contribution in [0.1, 0.15) is 0 Å². The number of nitro benzene ring substituents is 1. The summed E-state index contributed by atoms with van der Waals surface area (Å²) in [6.07, 6.45) is 0. The SMILES string of the molecule is O=[N+]([O-])c1ccccc1.c1ccc(N=Nc2ccccc2)cc1. The molecular weight excluding hydrogens is 290 g/mol. The summed E-state index contributed by atoms with van der Waals surface area (Å²) in [5.41, 5.74) is 1.88. The van der Waals surface area contributed by atoms with Crippen LogP contribution in [0.15, 0.2) is 101 Å². The van der Waals surface area contributed by atoms with Crippen molar-refractivity contribution in [1.29, 1.82) is 0 Å². The van der Waals surface area contributed by atoms with E-state index in [0.29, 0.717) is 0 Å². The number of para-hydroxylation sites is 1. The Morgan fingerprint density at radius 2 is 0.957 bits per heavy atom. The molecule has 3 rings (SSSR count). The summed E-state index contributed by atoms with van der Waals surface area (Å²) in [7, 11) is 0.